The molecule has 0 aliphatic heterocycles. The number of benzene rings is 1. The molecule has 2 aromatic rings. The number of nitrogens with zero attached hydrogens (tertiary/aromatic N) is 2. The maximum absolute atomic E-state index is 12.8. The molecule has 1 aromatic carbocycles. The lowest BCUT2D eigenvalue weighted by molar-refractivity contribution is -0.145. The Morgan fingerprint density at radius 1 is 1.14 bits per heavy atom. The summed E-state index contributed by atoms with van der Waals surface area (Å²) in [6.45, 7) is 2.29. The van der Waals surface area contributed by atoms with Crippen LogP contribution in [0.15, 0.2) is 41.4 Å². The van der Waals surface area contributed by atoms with Crippen molar-refractivity contribution in [2.75, 3.05) is 11.9 Å². The van der Waals surface area contributed by atoms with Crippen molar-refractivity contribution in [1.82, 2.24) is 9.97 Å². The predicted molar refractivity (Wildman–Crippen MR) is 77.2 cm³/mol. The molecule has 1 N–H and O–H groups in total. The van der Waals surface area contributed by atoms with Crippen LogP contribution in [-0.4, -0.2) is 16.5 Å². The van der Waals surface area contributed by atoms with Gasteiger partial charge in [-0.25, -0.2) is 9.97 Å². The van der Waals surface area contributed by atoms with Crippen LogP contribution in [0, 0.1) is 0 Å². The summed E-state index contributed by atoms with van der Waals surface area (Å²) < 4.78 is 38.4. The number of alkyl halides is 3. The lowest BCUT2D eigenvalue weighted by atomic mass is 10.2. The average Bonchev–Trinajstić information content (AvgIpc) is 2.45. The van der Waals surface area contributed by atoms with Crippen molar-refractivity contribution in [3.05, 3.63) is 47.8 Å². The van der Waals surface area contributed by atoms with Crippen molar-refractivity contribution in [2.24, 2.45) is 0 Å². The summed E-state index contributed by atoms with van der Waals surface area (Å²) in [4.78, 5) is 7.08. The molecule has 0 spiro atoms. The molecule has 2 rings (SSSR count). The van der Waals surface area contributed by atoms with Crippen LogP contribution in [0.1, 0.15) is 18.3 Å². The quantitative estimate of drug-likeness (QED) is 0.662. The minimum absolute atomic E-state index is 0.190. The Balaban J connectivity index is 2.19. The minimum atomic E-state index is -4.55. The zero-order valence-corrected chi connectivity index (χ0v) is 12.1. The molecule has 0 aliphatic carbocycles. The Morgan fingerprint density at radius 3 is 2.48 bits per heavy atom. The molecule has 0 amide bonds. The van der Waals surface area contributed by atoms with E-state index in [-0.39, 0.29) is 5.82 Å². The highest BCUT2D eigenvalue weighted by Crippen LogP contribution is 2.30. The van der Waals surface area contributed by atoms with Crippen LogP contribution in [-0.2, 0) is 11.9 Å². The van der Waals surface area contributed by atoms with Gasteiger partial charge in [-0.2, -0.15) is 13.2 Å². The number of rotatable bonds is 5. The van der Waals surface area contributed by atoms with Gasteiger partial charge < -0.3 is 5.32 Å². The van der Waals surface area contributed by atoms with Gasteiger partial charge in [0.05, 0.1) is 0 Å². The van der Waals surface area contributed by atoms with E-state index in [2.05, 4.69) is 15.3 Å². The van der Waals surface area contributed by atoms with Crippen LogP contribution in [0.2, 0.25) is 0 Å². The fourth-order valence-electron chi connectivity index (χ4n) is 1.63. The maximum Gasteiger partial charge on any atom is 0.451 e. The molecule has 0 aliphatic rings. The Labute approximate surface area is 125 Å². The van der Waals surface area contributed by atoms with Gasteiger partial charge in [0.1, 0.15) is 10.8 Å². The van der Waals surface area contributed by atoms with Gasteiger partial charge in [0.2, 0.25) is 5.82 Å². The molecule has 3 nitrogen and oxygen atoms in total. The third kappa shape index (κ3) is 4.63. The Morgan fingerprint density at radius 2 is 1.86 bits per heavy atom. The molecule has 0 saturated carbocycles. The van der Waals surface area contributed by atoms with Gasteiger partial charge in [-0.1, -0.05) is 30.3 Å². The number of aromatic nitrogens is 2. The molecule has 7 heteroatoms. The lowest BCUT2D eigenvalue weighted by Crippen LogP contribution is -2.13. The summed E-state index contributed by atoms with van der Waals surface area (Å²) in [5.74, 6) is -0.368. The topological polar surface area (TPSA) is 37.8 Å². The van der Waals surface area contributed by atoms with Gasteiger partial charge in [0.15, 0.2) is 0 Å². The fraction of sp³-hybridized carbons (Fsp3) is 0.286. The summed E-state index contributed by atoms with van der Waals surface area (Å²) in [6, 6.07) is 11.0. The molecule has 0 unspecified atom stereocenters. The molecule has 0 fully saturated rings. The zero-order valence-electron chi connectivity index (χ0n) is 11.3. The standard InChI is InChI=1S/C14H14F3N3S/c1-2-18-11-8-12(20-13(19-11)14(15,16)17)21-9-10-6-4-3-5-7-10/h3-8H,2,9H2,1H3,(H,18,19,20). The third-order valence-corrected chi connectivity index (χ3v) is 3.53. The van der Waals surface area contributed by atoms with Crippen LogP contribution >= 0.6 is 11.8 Å². The highest BCUT2D eigenvalue weighted by atomic mass is 32.2. The maximum atomic E-state index is 12.8. The molecular formula is C14H14F3N3S. The van der Waals surface area contributed by atoms with Crippen LogP contribution in [0.4, 0.5) is 19.0 Å². The second-order valence-electron chi connectivity index (χ2n) is 4.22. The molecule has 21 heavy (non-hydrogen) atoms. The highest BCUT2D eigenvalue weighted by molar-refractivity contribution is 7.98. The number of hydrogen-bond donors (Lipinski definition) is 1. The van der Waals surface area contributed by atoms with E-state index in [1.807, 2.05) is 30.3 Å². The van der Waals surface area contributed by atoms with E-state index < -0.39 is 12.0 Å². The molecule has 0 atom stereocenters. The number of hydrogen-bond acceptors (Lipinski definition) is 4. The number of anilines is 1. The molecule has 0 saturated heterocycles. The first kappa shape index (κ1) is 15.6. The van der Waals surface area contributed by atoms with E-state index in [1.165, 1.54) is 17.8 Å². The summed E-state index contributed by atoms with van der Waals surface area (Å²) >= 11 is 1.25. The van der Waals surface area contributed by atoms with Gasteiger partial charge in [-0.15, -0.1) is 11.8 Å². The predicted octanol–water partition coefficient (Wildman–Crippen LogP) is 4.22. The van der Waals surface area contributed by atoms with Gasteiger partial charge in [-0.05, 0) is 12.5 Å². The minimum Gasteiger partial charge on any atom is -0.370 e. The fourth-order valence-corrected chi connectivity index (χ4v) is 2.48. The molecule has 1 aromatic heterocycles. The van der Waals surface area contributed by atoms with E-state index in [0.717, 1.165) is 5.56 Å². The second kappa shape index (κ2) is 6.80. The second-order valence-corrected chi connectivity index (χ2v) is 5.21. The van der Waals surface area contributed by atoms with Crippen molar-refractivity contribution in [1.29, 1.82) is 0 Å². The first-order valence-corrected chi connectivity index (χ1v) is 7.34. The van der Waals surface area contributed by atoms with E-state index in [9.17, 15) is 13.2 Å². The first-order valence-electron chi connectivity index (χ1n) is 6.36. The summed E-state index contributed by atoms with van der Waals surface area (Å²) in [7, 11) is 0. The SMILES string of the molecule is CCNc1cc(SCc2ccccc2)nc(C(F)(F)F)n1. The van der Waals surface area contributed by atoms with Crippen molar-refractivity contribution < 1.29 is 13.2 Å². The number of thioether (sulfide) groups is 1. The van der Waals surface area contributed by atoms with Gasteiger partial charge >= 0.3 is 6.18 Å². The van der Waals surface area contributed by atoms with Gasteiger partial charge in [-0.3, -0.25) is 0 Å². The lowest BCUT2D eigenvalue weighted by Gasteiger charge is -2.10. The highest BCUT2D eigenvalue weighted by Gasteiger charge is 2.35. The largest absolute Gasteiger partial charge is 0.451 e. The smallest absolute Gasteiger partial charge is 0.370 e. The number of halogens is 3. The molecular weight excluding hydrogens is 299 g/mol. The molecule has 0 bridgehead atoms. The summed E-state index contributed by atoms with van der Waals surface area (Å²) in [5.41, 5.74) is 1.03. The van der Waals surface area contributed by atoms with E-state index >= 15 is 0 Å². The third-order valence-electron chi connectivity index (χ3n) is 2.54. The Hall–Kier alpha value is -1.76. The van der Waals surface area contributed by atoms with E-state index in [0.29, 0.717) is 17.3 Å². The zero-order chi connectivity index (χ0) is 15.3. The van der Waals surface area contributed by atoms with Crippen LogP contribution in [0.5, 0.6) is 0 Å². The van der Waals surface area contributed by atoms with Crippen LogP contribution < -0.4 is 5.32 Å². The summed E-state index contributed by atoms with van der Waals surface area (Å²) in [6.07, 6.45) is -4.55. The molecule has 0 radical (unpaired) electrons. The Bertz CT molecular complexity index is 588. The Kier molecular flexibility index (Phi) is 5.06. The van der Waals surface area contributed by atoms with Crippen LogP contribution in [0.25, 0.3) is 0 Å². The van der Waals surface area contributed by atoms with Gasteiger partial charge in [0.25, 0.3) is 0 Å². The molecule has 1 heterocycles. The van der Waals surface area contributed by atoms with Crippen molar-refractivity contribution >= 4 is 17.6 Å². The molecule has 112 valence electrons. The first-order chi connectivity index (χ1) is 9.99. The normalized spacial score (nSPS) is 11.4. The van der Waals surface area contributed by atoms with Crippen molar-refractivity contribution in [3.63, 3.8) is 0 Å². The van der Waals surface area contributed by atoms with Crippen LogP contribution in [0.3, 0.4) is 0 Å². The van der Waals surface area contributed by atoms with E-state index in [4.69, 9.17) is 0 Å². The average molecular weight is 313 g/mol. The number of nitrogens with one attached hydrogen (secondary N) is 1. The van der Waals surface area contributed by atoms with Crippen molar-refractivity contribution in [2.45, 2.75) is 23.9 Å². The summed E-state index contributed by atoms with van der Waals surface area (Å²) in [5, 5.41) is 3.10. The monoisotopic (exact) mass is 313 g/mol. The van der Waals surface area contributed by atoms with Gasteiger partial charge in [0, 0.05) is 18.4 Å². The van der Waals surface area contributed by atoms with Crippen molar-refractivity contribution in [3.8, 4) is 0 Å². The van der Waals surface area contributed by atoms with E-state index in [1.54, 1.807) is 6.92 Å².